The van der Waals surface area contributed by atoms with Crippen molar-refractivity contribution in [3.63, 3.8) is 0 Å². The number of hydrogen-bond acceptors (Lipinski definition) is 4. The van der Waals surface area contributed by atoms with Gasteiger partial charge in [-0.1, -0.05) is 47.5 Å². The van der Waals surface area contributed by atoms with E-state index in [1.165, 1.54) is 12.1 Å². The first-order chi connectivity index (χ1) is 16.6. The Balaban J connectivity index is 1.96. The normalized spacial score (nSPS) is 10.9. The maximum Gasteiger partial charge on any atom is 0.264 e. The molecule has 0 spiro atoms. The van der Waals surface area contributed by atoms with E-state index in [4.69, 9.17) is 11.6 Å². The third-order valence-electron chi connectivity index (χ3n) is 5.18. The zero-order valence-corrected chi connectivity index (χ0v) is 21.0. The molecular formula is C26H26ClN3O4S. The lowest BCUT2D eigenvalue weighted by molar-refractivity contribution is -0.114. The lowest BCUT2D eigenvalue weighted by Crippen LogP contribution is -2.39. The molecule has 2 amide bonds. The van der Waals surface area contributed by atoms with Crippen molar-refractivity contribution in [2.75, 3.05) is 22.7 Å². The molecule has 0 aliphatic carbocycles. The third kappa shape index (κ3) is 6.29. The van der Waals surface area contributed by atoms with Crippen LogP contribution in [0.3, 0.4) is 0 Å². The molecule has 182 valence electrons. The van der Waals surface area contributed by atoms with Crippen LogP contribution < -0.4 is 14.9 Å². The molecule has 0 heterocycles. The van der Waals surface area contributed by atoms with Crippen LogP contribution in [-0.2, 0) is 14.8 Å². The van der Waals surface area contributed by atoms with Crippen LogP contribution in [0.4, 0.5) is 11.4 Å². The van der Waals surface area contributed by atoms with Gasteiger partial charge in [0.05, 0.1) is 21.8 Å². The lowest BCUT2D eigenvalue weighted by atomic mass is 10.1. The van der Waals surface area contributed by atoms with Gasteiger partial charge in [-0.3, -0.25) is 13.9 Å². The Kier molecular flexibility index (Phi) is 8.32. The van der Waals surface area contributed by atoms with Crippen LogP contribution in [0.15, 0.2) is 84.3 Å². The second-order valence-corrected chi connectivity index (χ2v) is 10.1. The molecule has 0 fully saturated rings. The number of amides is 2. The number of halogens is 1. The van der Waals surface area contributed by atoms with E-state index in [1.807, 2.05) is 6.92 Å². The first-order valence-electron chi connectivity index (χ1n) is 10.8. The van der Waals surface area contributed by atoms with E-state index in [0.29, 0.717) is 16.3 Å². The van der Waals surface area contributed by atoms with Gasteiger partial charge < -0.3 is 10.6 Å². The molecule has 9 heteroatoms. The Labute approximate surface area is 210 Å². The third-order valence-corrected chi connectivity index (χ3v) is 7.19. The highest BCUT2D eigenvalue weighted by Gasteiger charge is 2.28. The molecular weight excluding hydrogens is 486 g/mol. The van der Waals surface area contributed by atoms with Gasteiger partial charge in [-0.05, 0) is 61.9 Å². The molecule has 3 aromatic carbocycles. The van der Waals surface area contributed by atoms with Crippen LogP contribution in [-0.4, -0.2) is 33.3 Å². The molecule has 0 saturated heterocycles. The minimum atomic E-state index is -4.09. The summed E-state index contributed by atoms with van der Waals surface area (Å²) < 4.78 is 28.2. The fourth-order valence-corrected chi connectivity index (χ4v) is 5.12. The zero-order valence-electron chi connectivity index (χ0n) is 19.4. The van der Waals surface area contributed by atoms with Gasteiger partial charge in [0, 0.05) is 11.6 Å². The van der Waals surface area contributed by atoms with Gasteiger partial charge in [-0.25, -0.2) is 8.42 Å². The van der Waals surface area contributed by atoms with Crippen molar-refractivity contribution in [1.29, 1.82) is 0 Å². The zero-order chi connectivity index (χ0) is 25.6. The monoisotopic (exact) mass is 511 g/mol. The molecule has 0 aromatic heterocycles. The lowest BCUT2D eigenvalue weighted by Gasteiger charge is -2.26. The number of aryl methyl sites for hydroxylation is 2. The summed E-state index contributed by atoms with van der Waals surface area (Å²) in [5.41, 5.74) is 2.33. The first-order valence-corrected chi connectivity index (χ1v) is 12.6. The first kappa shape index (κ1) is 26.0. The van der Waals surface area contributed by atoms with Crippen LogP contribution in [0.25, 0.3) is 0 Å². The largest absolute Gasteiger partial charge is 0.349 e. The van der Waals surface area contributed by atoms with Crippen molar-refractivity contribution >= 4 is 44.8 Å². The minimum Gasteiger partial charge on any atom is -0.349 e. The quantitative estimate of drug-likeness (QED) is 0.407. The summed E-state index contributed by atoms with van der Waals surface area (Å²) in [6, 6.07) is 17.6. The molecule has 0 aliphatic rings. The van der Waals surface area contributed by atoms with Crippen LogP contribution in [0.1, 0.15) is 21.5 Å². The van der Waals surface area contributed by atoms with Gasteiger partial charge in [-0.15, -0.1) is 6.58 Å². The molecule has 0 unspecified atom stereocenters. The SMILES string of the molecule is C=CCNC(=O)c1ccccc1NC(=O)CN(c1ccc(Cl)cc1C)S(=O)(=O)c1ccc(C)cc1. The van der Waals surface area contributed by atoms with E-state index in [-0.39, 0.29) is 22.7 Å². The van der Waals surface area contributed by atoms with E-state index >= 15 is 0 Å². The van der Waals surface area contributed by atoms with E-state index in [9.17, 15) is 18.0 Å². The summed E-state index contributed by atoms with van der Waals surface area (Å²) >= 11 is 6.08. The smallest absolute Gasteiger partial charge is 0.264 e. The molecule has 0 bridgehead atoms. The molecule has 3 aromatic rings. The van der Waals surface area contributed by atoms with Crippen molar-refractivity contribution in [2.45, 2.75) is 18.7 Å². The van der Waals surface area contributed by atoms with E-state index in [2.05, 4.69) is 17.2 Å². The number of para-hydroxylation sites is 1. The molecule has 7 nitrogen and oxygen atoms in total. The second-order valence-electron chi connectivity index (χ2n) is 7.85. The highest BCUT2D eigenvalue weighted by atomic mass is 35.5. The van der Waals surface area contributed by atoms with Gasteiger partial charge in [0.1, 0.15) is 6.54 Å². The summed E-state index contributed by atoms with van der Waals surface area (Å²) in [5, 5.41) is 5.79. The van der Waals surface area contributed by atoms with Crippen molar-refractivity contribution in [3.05, 3.63) is 101 Å². The topological polar surface area (TPSA) is 95.6 Å². The molecule has 0 saturated carbocycles. The molecule has 0 atom stereocenters. The number of hydrogen-bond donors (Lipinski definition) is 2. The van der Waals surface area contributed by atoms with Crippen molar-refractivity contribution in [3.8, 4) is 0 Å². The number of rotatable bonds is 9. The molecule has 2 N–H and O–H groups in total. The van der Waals surface area contributed by atoms with Gasteiger partial charge in [-0.2, -0.15) is 0 Å². The Hall–Kier alpha value is -3.62. The molecule has 0 radical (unpaired) electrons. The van der Waals surface area contributed by atoms with Gasteiger partial charge >= 0.3 is 0 Å². The number of carbonyl (C=O) groups is 2. The van der Waals surface area contributed by atoms with E-state index < -0.39 is 28.4 Å². The van der Waals surface area contributed by atoms with Crippen molar-refractivity contribution < 1.29 is 18.0 Å². The van der Waals surface area contributed by atoms with Gasteiger partial charge in [0.15, 0.2) is 0 Å². The Morgan fingerprint density at radius 3 is 2.37 bits per heavy atom. The summed E-state index contributed by atoms with van der Waals surface area (Å²) in [5.74, 6) is -1.00. The highest BCUT2D eigenvalue weighted by molar-refractivity contribution is 7.92. The number of nitrogens with zero attached hydrogens (tertiary/aromatic N) is 1. The summed E-state index contributed by atoms with van der Waals surface area (Å²) in [4.78, 5) is 25.6. The van der Waals surface area contributed by atoms with Crippen molar-refractivity contribution in [1.82, 2.24) is 5.32 Å². The summed E-state index contributed by atoms with van der Waals surface area (Å²) in [6.07, 6.45) is 1.54. The van der Waals surface area contributed by atoms with Crippen LogP contribution >= 0.6 is 11.6 Å². The van der Waals surface area contributed by atoms with Crippen LogP contribution in [0, 0.1) is 13.8 Å². The average molecular weight is 512 g/mol. The van der Waals surface area contributed by atoms with Crippen LogP contribution in [0.2, 0.25) is 5.02 Å². The Bertz CT molecular complexity index is 1360. The number of anilines is 2. The number of nitrogens with one attached hydrogen (secondary N) is 2. The van der Waals surface area contributed by atoms with E-state index in [0.717, 1.165) is 9.87 Å². The fraction of sp³-hybridized carbons (Fsp3) is 0.154. The predicted octanol–water partition coefficient (Wildman–Crippen LogP) is 4.71. The predicted molar refractivity (Wildman–Crippen MR) is 140 cm³/mol. The van der Waals surface area contributed by atoms with Crippen LogP contribution in [0.5, 0.6) is 0 Å². The van der Waals surface area contributed by atoms with E-state index in [1.54, 1.807) is 67.6 Å². The summed E-state index contributed by atoms with van der Waals surface area (Å²) in [6.45, 7) is 6.89. The maximum atomic E-state index is 13.6. The van der Waals surface area contributed by atoms with Crippen molar-refractivity contribution in [2.24, 2.45) is 0 Å². The maximum absolute atomic E-state index is 13.6. The minimum absolute atomic E-state index is 0.0504. The number of benzene rings is 3. The number of sulfonamides is 1. The second kappa shape index (κ2) is 11.2. The molecule has 3 rings (SSSR count). The average Bonchev–Trinajstić information content (AvgIpc) is 2.82. The molecule has 35 heavy (non-hydrogen) atoms. The summed E-state index contributed by atoms with van der Waals surface area (Å²) in [7, 11) is -4.09. The van der Waals surface area contributed by atoms with Gasteiger partial charge in [0.2, 0.25) is 5.91 Å². The number of carbonyl (C=O) groups excluding carboxylic acids is 2. The highest BCUT2D eigenvalue weighted by Crippen LogP contribution is 2.29. The van der Waals surface area contributed by atoms with Gasteiger partial charge in [0.25, 0.3) is 15.9 Å². The Morgan fingerprint density at radius 2 is 1.71 bits per heavy atom. The fourth-order valence-electron chi connectivity index (χ4n) is 3.41. The Morgan fingerprint density at radius 1 is 1.03 bits per heavy atom. The standard InChI is InChI=1S/C26H26ClN3O4S/c1-4-15-28-26(32)22-7-5-6-8-23(22)29-25(31)17-30(24-14-11-20(27)16-19(24)3)35(33,34)21-12-9-18(2)10-13-21/h4-14,16H,1,15,17H2,2-3H3,(H,28,32)(H,29,31). The molecule has 0 aliphatic heterocycles.